The normalized spacial score (nSPS) is 33.1. The molecule has 0 saturated carbocycles. The molecule has 0 aromatic rings. The van der Waals surface area contributed by atoms with Gasteiger partial charge in [0, 0.05) is 11.4 Å². The summed E-state index contributed by atoms with van der Waals surface area (Å²) >= 11 is 3.10. The number of carbonyl (C=O) groups is 1. The molecule has 0 bridgehead atoms. The van der Waals surface area contributed by atoms with Gasteiger partial charge in [-0.15, -0.1) is 5.73 Å². The lowest BCUT2D eigenvalue weighted by Crippen LogP contribution is -2.14. The lowest BCUT2D eigenvalue weighted by atomic mass is 10.1. The van der Waals surface area contributed by atoms with E-state index in [0.29, 0.717) is 12.8 Å². The molecular formula is C12H13BrO4. The van der Waals surface area contributed by atoms with E-state index in [-0.39, 0.29) is 24.3 Å². The monoisotopic (exact) mass is 300 g/mol. The highest BCUT2D eigenvalue weighted by Gasteiger charge is 2.41. The van der Waals surface area contributed by atoms with Gasteiger partial charge in [0.05, 0.1) is 0 Å². The molecule has 0 radical (unpaired) electrons. The van der Waals surface area contributed by atoms with Gasteiger partial charge in [0.1, 0.15) is 24.4 Å². The SMILES string of the molecule is O=C1CCC(/C=C/[C@@H](O)[C@@H]2O[C@@H]2C=C=CBr)O1. The Balaban J connectivity index is 1.78. The highest BCUT2D eigenvalue weighted by Crippen LogP contribution is 2.27. The molecule has 2 aliphatic rings. The molecule has 2 saturated heterocycles. The van der Waals surface area contributed by atoms with Crippen LogP contribution in [0.4, 0.5) is 0 Å². The van der Waals surface area contributed by atoms with Crippen molar-refractivity contribution < 1.29 is 19.4 Å². The Morgan fingerprint density at radius 1 is 1.59 bits per heavy atom. The number of esters is 1. The number of hydrogen-bond donors (Lipinski definition) is 1. The fourth-order valence-corrected chi connectivity index (χ4v) is 1.86. The molecule has 2 heterocycles. The van der Waals surface area contributed by atoms with Crippen LogP contribution in [0.25, 0.3) is 0 Å². The summed E-state index contributed by atoms with van der Waals surface area (Å²) in [5.41, 5.74) is 2.84. The van der Waals surface area contributed by atoms with E-state index in [1.54, 1.807) is 23.2 Å². The average Bonchev–Trinajstić information content (AvgIpc) is 2.98. The molecule has 2 aliphatic heterocycles. The van der Waals surface area contributed by atoms with Crippen LogP contribution in [-0.4, -0.2) is 35.5 Å². The molecule has 4 nitrogen and oxygen atoms in total. The van der Waals surface area contributed by atoms with Crippen molar-refractivity contribution >= 4 is 21.9 Å². The molecule has 0 aromatic heterocycles. The highest BCUT2D eigenvalue weighted by molar-refractivity contribution is 9.11. The Hall–Kier alpha value is -0.870. The highest BCUT2D eigenvalue weighted by atomic mass is 79.9. The minimum absolute atomic E-state index is 0.0884. The standard InChI is InChI=1S/C12H13BrO4/c13-7-1-2-10-12(17-10)9(14)5-3-8-4-6-11(15)16-8/h2-3,5,7-10,12,14H,4,6H2/b5-3+/t1?,8?,9-,10-,12+/m1/s1. The van der Waals surface area contributed by atoms with Crippen LogP contribution < -0.4 is 0 Å². The number of cyclic esters (lactones) is 1. The predicted octanol–water partition coefficient (Wildman–Crippen LogP) is 1.44. The summed E-state index contributed by atoms with van der Waals surface area (Å²) in [5, 5.41) is 9.76. The Kier molecular flexibility index (Phi) is 4.18. The molecule has 1 unspecified atom stereocenters. The number of ether oxygens (including phenoxy) is 2. The van der Waals surface area contributed by atoms with Crippen LogP contribution in [-0.2, 0) is 14.3 Å². The first-order chi connectivity index (χ1) is 8.20. The molecule has 0 spiro atoms. The second kappa shape index (κ2) is 5.65. The van der Waals surface area contributed by atoms with Gasteiger partial charge < -0.3 is 14.6 Å². The van der Waals surface area contributed by atoms with Gasteiger partial charge in [-0.05, 0) is 18.6 Å². The Morgan fingerprint density at radius 3 is 3.06 bits per heavy atom. The molecule has 0 aromatic carbocycles. The molecule has 92 valence electrons. The maximum absolute atomic E-state index is 10.9. The van der Waals surface area contributed by atoms with Crippen LogP contribution in [0, 0.1) is 0 Å². The largest absolute Gasteiger partial charge is 0.458 e. The first kappa shape index (κ1) is 12.6. The molecule has 0 aliphatic carbocycles. The number of epoxide rings is 1. The van der Waals surface area contributed by atoms with E-state index in [9.17, 15) is 9.90 Å². The van der Waals surface area contributed by atoms with Gasteiger partial charge in [-0.3, -0.25) is 4.79 Å². The number of aliphatic hydroxyl groups excluding tert-OH is 1. The van der Waals surface area contributed by atoms with Gasteiger partial charge in [0.2, 0.25) is 0 Å². The number of aliphatic hydroxyl groups is 1. The molecule has 2 fully saturated rings. The van der Waals surface area contributed by atoms with Crippen LogP contribution in [0.2, 0.25) is 0 Å². The lowest BCUT2D eigenvalue weighted by Gasteiger charge is -2.04. The van der Waals surface area contributed by atoms with E-state index in [4.69, 9.17) is 9.47 Å². The van der Waals surface area contributed by atoms with E-state index < -0.39 is 6.10 Å². The summed E-state index contributed by atoms with van der Waals surface area (Å²) < 4.78 is 10.2. The molecule has 1 N–H and O–H groups in total. The summed E-state index contributed by atoms with van der Waals surface area (Å²) in [6.45, 7) is 0. The first-order valence-corrected chi connectivity index (χ1v) is 6.35. The summed E-state index contributed by atoms with van der Waals surface area (Å²) in [5.74, 6) is -0.180. The van der Waals surface area contributed by atoms with Crippen molar-refractivity contribution in [3.05, 3.63) is 28.9 Å². The Bertz CT molecular complexity index is 384. The molecule has 5 heteroatoms. The van der Waals surface area contributed by atoms with Crippen LogP contribution >= 0.6 is 15.9 Å². The topological polar surface area (TPSA) is 59.1 Å². The van der Waals surface area contributed by atoms with Gasteiger partial charge >= 0.3 is 5.97 Å². The van der Waals surface area contributed by atoms with Crippen molar-refractivity contribution in [2.45, 2.75) is 37.3 Å². The van der Waals surface area contributed by atoms with Gasteiger partial charge in [-0.25, -0.2) is 0 Å². The lowest BCUT2D eigenvalue weighted by molar-refractivity contribution is -0.140. The van der Waals surface area contributed by atoms with Crippen molar-refractivity contribution in [2.24, 2.45) is 0 Å². The molecule has 0 amide bonds. The summed E-state index contributed by atoms with van der Waals surface area (Å²) in [6, 6.07) is 0. The molecule has 4 atom stereocenters. The van der Waals surface area contributed by atoms with Gasteiger partial charge in [-0.2, -0.15) is 0 Å². The maximum atomic E-state index is 10.9. The van der Waals surface area contributed by atoms with Gasteiger partial charge in [0.15, 0.2) is 0 Å². The third-order valence-electron chi connectivity index (χ3n) is 2.66. The zero-order chi connectivity index (χ0) is 12.3. The summed E-state index contributed by atoms with van der Waals surface area (Å²) in [4.78, 5) is 12.5. The smallest absolute Gasteiger partial charge is 0.306 e. The van der Waals surface area contributed by atoms with E-state index in [1.807, 2.05) is 0 Å². The predicted molar refractivity (Wildman–Crippen MR) is 64.5 cm³/mol. The van der Waals surface area contributed by atoms with Gasteiger partial charge in [0.25, 0.3) is 0 Å². The maximum Gasteiger partial charge on any atom is 0.306 e. The zero-order valence-corrected chi connectivity index (χ0v) is 10.7. The van der Waals surface area contributed by atoms with Crippen molar-refractivity contribution in [1.82, 2.24) is 0 Å². The van der Waals surface area contributed by atoms with E-state index in [1.165, 1.54) is 0 Å². The molecule has 2 rings (SSSR count). The van der Waals surface area contributed by atoms with Crippen LogP contribution in [0.3, 0.4) is 0 Å². The fraction of sp³-hybridized carbons (Fsp3) is 0.500. The molecular weight excluding hydrogens is 288 g/mol. The third-order valence-corrected chi connectivity index (χ3v) is 2.92. The minimum Gasteiger partial charge on any atom is -0.458 e. The molecule has 17 heavy (non-hydrogen) atoms. The van der Waals surface area contributed by atoms with Crippen molar-refractivity contribution in [3.8, 4) is 0 Å². The number of rotatable bonds is 4. The van der Waals surface area contributed by atoms with Crippen molar-refractivity contribution in [2.75, 3.05) is 0 Å². The first-order valence-electron chi connectivity index (χ1n) is 5.43. The number of halogens is 1. The van der Waals surface area contributed by atoms with Crippen molar-refractivity contribution in [1.29, 1.82) is 0 Å². The summed E-state index contributed by atoms with van der Waals surface area (Å²) in [6.07, 6.45) is 5.04. The number of hydrogen-bond acceptors (Lipinski definition) is 4. The Labute approximate surface area is 108 Å². The van der Waals surface area contributed by atoms with Crippen molar-refractivity contribution in [3.63, 3.8) is 0 Å². The van der Waals surface area contributed by atoms with Crippen LogP contribution in [0.5, 0.6) is 0 Å². The summed E-state index contributed by atoms with van der Waals surface area (Å²) in [7, 11) is 0. The van der Waals surface area contributed by atoms with Gasteiger partial charge in [-0.1, -0.05) is 22.0 Å². The minimum atomic E-state index is -0.673. The third kappa shape index (κ3) is 3.54. The van der Waals surface area contributed by atoms with E-state index in [2.05, 4.69) is 21.7 Å². The van der Waals surface area contributed by atoms with E-state index >= 15 is 0 Å². The van der Waals surface area contributed by atoms with Crippen LogP contribution in [0.1, 0.15) is 12.8 Å². The second-order valence-corrected chi connectivity index (χ2v) is 4.41. The van der Waals surface area contributed by atoms with Crippen LogP contribution in [0.15, 0.2) is 28.9 Å². The van der Waals surface area contributed by atoms with E-state index in [0.717, 1.165) is 0 Å². The fourth-order valence-electron chi connectivity index (χ4n) is 1.71. The average molecular weight is 301 g/mol. The Morgan fingerprint density at radius 2 is 2.41 bits per heavy atom. The zero-order valence-electron chi connectivity index (χ0n) is 9.08. The quantitative estimate of drug-likeness (QED) is 0.369. The second-order valence-electron chi connectivity index (χ2n) is 3.95. The number of carbonyl (C=O) groups excluding carboxylic acids is 1.